The summed E-state index contributed by atoms with van der Waals surface area (Å²) in [5.74, 6) is -0.0896. The van der Waals surface area contributed by atoms with Crippen LogP contribution < -0.4 is 10.6 Å². The highest BCUT2D eigenvalue weighted by molar-refractivity contribution is 6.32. The number of anilines is 1. The third kappa shape index (κ3) is 3.76. The summed E-state index contributed by atoms with van der Waals surface area (Å²) in [6.07, 6.45) is 5.30. The molecule has 0 saturated carbocycles. The summed E-state index contributed by atoms with van der Waals surface area (Å²) in [7, 11) is 0. The van der Waals surface area contributed by atoms with E-state index in [0.717, 1.165) is 73.2 Å². The number of hydrogen-bond donors (Lipinski definition) is 2. The number of allylic oxidation sites excluding steroid dienone is 1. The molecule has 2 aromatic heterocycles. The van der Waals surface area contributed by atoms with Gasteiger partial charge in [0.1, 0.15) is 0 Å². The molecule has 4 rings (SSSR count). The van der Waals surface area contributed by atoms with E-state index in [-0.39, 0.29) is 5.91 Å². The lowest BCUT2D eigenvalue weighted by molar-refractivity contribution is -0.110. The molecule has 0 spiro atoms. The van der Waals surface area contributed by atoms with Crippen LogP contribution in [0.4, 0.5) is 5.69 Å². The van der Waals surface area contributed by atoms with Gasteiger partial charge in [0, 0.05) is 55.4 Å². The zero-order valence-electron chi connectivity index (χ0n) is 16.3. The lowest BCUT2D eigenvalue weighted by Crippen LogP contribution is -2.40. The third-order valence-corrected chi connectivity index (χ3v) is 5.26. The molecule has 0 aromatic carbocycles. The molecule has 0 aliphatic carbocycles. The number of aromatic nitrogens is 2. The minimum Gasteiger partial charge on any atom is -0.387 e. The summed E-state index contributed by atoms with van der Waals surface area (Å²) in [6.45, 7) is 9.21. The molecule has 7 nitrogen and oxygen atoms in total. The zero-order valence-corrected chi connectivity index (χ0v) is 16.3. The Balaban J connectivity index is 1.55. The normalized spacial score (nSPS) is 18.6. The number of carbonyl (C=O) groups excluding carboxylic acids is 1. The van der Waals surface area contributed by atoms with E-state index >= 15 is 0 Å². The van der Waals surface area contributed by atoms with E-state index in [1.165, 1.54) is 0 Å². The van der Waals surface area contributed by atoms with Crippen molar-refractivity contribution >= 4 is 17.2 Å². The molecule has 0 radical (unpaired) electrons. The Morgan fingerprint density at radius 3 is 2.89 bits per heavy atom. The van der Waals surface area contributed by atoms with Gasteiger partial charge in [-0.05, 0) is 31.5 Å². The second-order valence-corrected chi connectivity index (χ2v) is 7.14. The first-order valence-electron chi connectivity index (χ1n) is 9.61. The lowest BCUT2D eigenvalue weighted by atomic mass is 10.0. The van der Waals surface area contributed by atoms with E-state index in [4.69, 9.17) is 4.74 Å². The summed E-state index contributed by atoms with van der Waals surface area (Å²) in [6, 6.07) is 3.93. The Morgan fingerprint density at radius 2 is 2.11 bits per heavy atom. The summed E-state index contributed by atoms with van der Waals surface area (Å²) < 4.78 is 5.38. The van der Waals surface area contributed by atoms with Crippen LogP contribution in [0.3, 0.4) is 0 Å². The number of hydrogen-bond acceptors (Lipinski definition) is 6. The van der Waals surface area contributed by atoms with Crippen LogP contribution in [0.2, 0.25) is 0 Å². The van der Waals surface area contributed by atoms with E-state index in [9.17, 15) is 4.79 Å². The summed E-state index contributed by atoms with van der Waals surface area (Å²) in [4.78, 5) is 23.7. The van der Waals surface area contributed by atoms with Gasteiger partial charge in [-0.15, -0.1) is 0 Å². The van der Waals surface area contributed by atoms with Gasteiger partial charge in [-0.3, -0.25) is 19.7 Å². The fourth-order valence-electron chi connectivity index (χ4n) is 3.64. The number of pyridine rings is 2. The molecule has 146 valence electrons. The van der Waals surface area contributed by atoms with Gasteiger partial charge in [-0.1, -0.05) is 0 Å². The van der Waals surface area contributed by atoms with Gasteiger partial charge >= 0.3 is 0 Å². The van der Waals surface area contributed by atoms with Crippen molar-refractivity contribution in [2.75, 3.05) is 44.7 Å². The van der Waals surface area contributed by atoms with E-state index in [1.807, 2.05) is 32.2 Å². The average molecular weight is 379 g/mol. The molecule has 2 aliphatic heterocycles. The fraction of sp³-hybridized carbons (Fsp3) is 0.381. The molecule has 2 aromatic rings. The van der Waals surface area contributed by atoms with Crippen LogP contribution in [0, 0.1) is 6.92 Å². The second-order valence-electron chi connectivity index (χ2n) is 7.14. The van der Waals surface area contributed by atoms with Crippen LogP contribution in [0.25, 0.3) is 16.8 Å². The maximum absolute atomic E-state index is 12.6. The quantitative estimate of drug-likeness (QED) is 0.774. The molecule has 28 heavy (non-hydrogen) atoms. The second kappa shape index (κ2) is 8.08. The molecule has 0 unspecified atom stereocenters. The van der Waals surface area contributed by atoms with Gasteiger partial charge in [0.2, 0.25) is 0 Å². The predicted octanol–water partition coefficient (Wildman–Crippen LogP) is 2.06. The van der Waals surface area contributed by atoms with Crippen molar-refractivity contribution in [3.8, 4) is 11.3 Å². The van der Waals surface area contributed by atoms with Crippen LogP contribution in [0.1, 0.15) is 18.1 Å². The number of amides is 1. The Kier molecular flexibility index (Phi) is 5.36. The van der Waals surface area contributed by atoms with Gasteiger partial charge in [0.15, 0.2) is 0 Å². The smallest absolute Gasteiger partial charge is 0.258 e. The van der Waals surface area contributed by atoms with Gasteiger partial charge in [0.05, 0.1) is 36.4 Å². The highest BCUT2D eigenvalue weighted by Crippen LogP contribution is 2.35. The summed E-state index contributed by atoms with van der Waals surface area (Å²) in [5.41, 5.74) is 6.09. The first-order valence-corrected chi connectivity index (χ1v) is 9.61. The van der Waals surface area contributed by atoms with E-state index < -0.39 is 0 Å². The van der Waals surface area contributed by atoms with E-state index in [1.54, 1.807) is 12.4 Å². The SMILES string of the molecule is C/C(NCCN1CCOCC1)=C1/C(=O)Nc2cnc(-c3cnccc3C)cc21. The lowest BCUT2D eigenvalue weighted by Gasteiger charge is -2.26. The molecule has 2 N–H and O–H groups in total. The first kappa shape index (κ1) is 18.6. The average Bonchev–Trinajstić information content (AvgIpc) is 3.04. The van der Waals surface area contributed by atoms with Crippen molar-refractivity contribution in [3.05, 3.63) is 47.5 Å². The van der Waals surface area contributed by atoms with Crippen molar-refractivity contribution in [3.63, 3.8) is 0 Å². The first-order chi connectivity index (χ1) is 13.6. The largest absolute Gasteiger partial charge is 0.387 e. The third-order valence-electron chi connectivity index (χ3n) is 5.26. The van der Waals surface area contributed by atoms with Gasteiger partial charge in [-0.2, -0.15) is 0 Å². The van der Waals surface area contributed by atoms with Crippen molar-refractivity contribution in [2.45, 2.75) is 13.8 Å². The standard InChI is InChI=1S/C21H25N5O2/c1-14-3-4-22-12-17(14)18-11-16-19(13-24-18)25-21(27)20(16)15(2)23-5-6-26-7-9-28-10-8-26/h3-4,11-13,23H,5-10H2,1-2H3,(H,25,27)/b20-15-. The van der Waals surface area contributed by atoms with Crippen molar-refractivity contribution in [1.29, 1.82) is 0 Å². The van der Waals surface area contributed by atoms with Crippen LogP contribution in [0.15, 0.2) is 36.4 Å². The molecule has 7 heteroatoms. The molecule has 4 heterocycles. The number of fused-ring (bicyclic) bond motifs is 1. The number of rotatable bonds is 5. The number of aryl methyl sites for hydroxylation is 1. The molecule has 2 aliphatic rings. The number of ether oxygens (including phenoxy) is 1. The van der Waals surface area contributed by atoms with Crippen LogP contribution >= 0.6 is 0 Å². The Hall–Kier alpha value is -2.77. The molecule has 0 bridgehead atoms. The Morgan fingerprint density at radius 1 is 1.29 bits per heavy atom. The van der Waals surface area contributed by atoms with Crippen molar-refractivity contribution < 1.29 is 9.53 Å². The highest BCUT2D eigenvalue weighted by Gasteiger charge is 2.27. The van der Waals surface area contributed by atoms with Crippen LogP contribution in [-0.2, 0) is 9.53 Å². The zero-order chi connectivity index (χ0) is 19.5. The Labute approximate surface area is 164 Å². The predicted molar refractivity (Wildman–Crippen MR) is 109 cm³/mol. The highest BCUT2D eigenvalue weighted by atomic mass is 16.5. The minimum absolute atomic E-state index is 0.0896. The number of nitrogens with zero attached hydrogens (tertiary/aromatic N) is 3. The number of morpholine rings is 1. The van der Waals surface area contributed by atoms with Crippen molar-refractivity contribution in [1.82, 2.24) is 20.2 Å². The number of carbonyl (C=O) groups is 1. The van der Waals surface area contributed by atoms with E-state index in [2.05, 4.69) is 25.5 Å². The Bertz CT molecular complexity index is 919. The molecular formula is C21H25N5O2. The van der Waals surface area contributed by atoms with Gasteiger partial charge in [-0.25, -0.2) is 0 Å². The maximum atomic E-state index is 12.6. The number of nitrogens with one attached hydrogen (secondary N) is 2. The summed E-state index contributed by atoms with van der Waals surface area (Å²) >= 11 is 0. The fourth-order valence-corrected chi connectivity index (χ4v) is 3.64. The van der Waals surface area contributed by atoms with Gasteiger partial charge < -0.3 is 15.4 Å². The molecule has 1 saturated heterocycles. The molecule has 1 amide bonds. The monoisotopic (exact) mass is 379 g/mol. The topological polar surface area (TPSA) is 79.4 Å². The van der Waals surface area contributed by atoms with Gasteiger partial charge in [0.25, 0.3) is 5.91 Å². The van der Waals surface area contributed by atoms with Crippen molar-refractivity contribution in [2.24, 2.45) is 0 Å². The molecule has 0 atom stereocenters. The molecular weight excluding hydrogens is 354 g/mol. The van der Waals surface area contributed by atoms with Crippen LogP contribution in [0.5, 0.6) is 0 Å². The van der Waals surface area contributed by atoms with E-state index in [0.29, 0.717) is 5.57 Å². The maximum Gasteiger partial charge on any atom is 0.258 e. The summed E-state index contributed by atoms with van der Waals surface area (Å²) in [5, 5.41) is 6.34. The molecule has 1 fully saturated rings. The minimum atomic E-state index is -0.0896. The van der Waals surface area contributed by atoms with Crippen LogP contribution in [-0.4, -0.2) is 60.2 Å².